The third kappa shape index (κ3) is 2.92. The van der Waals surface area contributed by atoms with Crippen molar-refractivity contribution in [2.24, 2.45) is 5.92 Å². The summed E-state index contributed by atoms with van der Waals surface area (Å²) in [5.74, 6) is -0.473. The van der Waals surface area contributed by atoms with Crippen LogP contribution < -0.4 is 10.6 Å². The number of thiophene rings is 1. The SMILES string of the molecule is CC(NC(=O)CN1C(=O)NC2(CCCCC2C)C1=O)c1cccs1. The Morgan fingerprint density at radius 3 is 2.96 bits per heavy atom. The largest absolute Gasteiger partial charge is 0.347 e. The molecule has 1 aliphatic heterocycles. The van der Waals surface area contributed by atoms with Crippen molar-refractivity contribution in [3.05, 3.63) is 22.4 Å². The van der Waals surface area contributed by atoms with Gasteiger partial charge in [-0.05, 0) is 37.1 Å². The summed E-state index contributed by atoms with van der Waals surface area (Å²) >= 11 is 1.56. The minimum atomic E-state index is -0.811. The first-order chi connectivity index (χ1) is 11.4. The second-order valence-electron chi connectivity index (χ2n) is 6.74. The zero-order chi connectivity index (χ0) is 17.3. The molecule has 0 radical (unpaired) electrons. The topological polar surface area (TPSA) is 78.5 Å². The molecule has 2 N–H and O–H groups in total. The molecule has 0 bridgehead atoms. The van der Waals surface area contributed by atoms with Crippen molar-refractivity contribution in [1.82, 2.24) is 15.5 Å². The van der Waals surface area contributed by atoms with Gasteiger partial charge >= 0.3 is 6.03 Å². The molecule has 6 nitrogen and oxygen atoms in total. The molecule has 1 aromatic rings. The van der Waals surface area contributed by atoms with E-state index in [9.17, 15) is 14.4 Å². The van der Waals surface area contributed by atoms with Gasteiger partial charge < -0.3 is 10.6 Å². The molecule has 1 saturated carbocycles. The average molecular weight is 349 g/mol. The Bertz CT molecular complexity index is 646. The molecule has 4 amide bonds. The fourth-order valence-corrected chi connectivity index (χ4v) is 4.41. The van der Waals surface area contributed by atoms with Crippen molar-refractivity contribution < 1.29 is 14.4 Å². The highest BCUT2D eigenvalue weighted by atomic mass is 32.1. The van der Waals surface area contributed by atoms with Gasteiger partial charge in [0.25, 0.3) is 5.91 Å². The summed E-state index contributed by atoms with van der Waals surface area (Å²) in [7, 11) is 0. The molecule has 3 rings (SSSR count). The molecule has 1 aliphatic carbocycles. The van der Waals surface area contributed by atoms with E-state index in [-0.39, 0.29) is 30.3 Å². The third-order valence-corrected chi connectivity index (χ3v) is 6.21. The van der Waals surface area contributed by atoms with Gasteiger partial charge in [0.05, 0.1) is 6.04 Å². The lowest BCUT2D eigenvalue weighted by Gasteiger charge is -2.36. The maximum atomic E-state index is 12.8. The van der Waals surface area contributed by atoms with Gasteiger partial charge in [-0.25, -0.2) is 4.79 Å². The van der Waals surface area contributed by atoms with E-state index in [1.807, 2.05) is 31.4 Å². The lowest BCUT2D eigenvalue weighted by atomic mass is 9.73. The molecule has 130 valence electrons. The van der Waals surface area contributed by atoms with Crippen LogP contribution in [-0.4, -0.2) is 34.8 Å². The smallest absolute Gasteiger partial charge is 0.325 e. The first kappa shape index (κ1) is 17.0. The standard InChI is InChI=1S/C17H23N3O3S/c1-11-6-3-4-8-17(11)15(22)20(16(23)19-17)10-14(21)18-12(2)13-7-5-9-24-13/h5,7,9,11-12H,3-4,6,8,10H2,1-2H3,(H,18,21)(H,19,23). The molecule has 2 heterocycles. The van der Waals surface area contributed by atoms with Crippen molar-refractivity contribution in [2.75, 3.05) is 6.54 Å². The van der Waals surface area contributed by atoms with Gasteiger partial charge in [0, 0.05) is 4.88 Å². The zero-order valence-corrected chi connectivity index (χ0v) is 14.8. The Morgan fingerprint density at radius 2 is 2.29 bits per heavy atom. The summed E-state index contributed by atoms with van der Waals surface area (Å²) in [5.41, 5.74) is -0.811. The summed E-state index contributed by atoms with van der Waals surface area (Å²) in [4.78, 5) is 39.5. The summed E-state index contributed by atoms with van der Waals surface area (Å²) in [5, 5.41) is 7.66. The number of carbonyl (C=O) groups is 3. The van der Waals surface area contributed by atoms with E-state index in [1.165, 1.54) is 0 Å². The summed E-state index contributed by atoms with van der Waals surface area (Å²) in [6.45, 7) is 3.66. The number of urea groups is 1. The van der Waals surface area contributed by atoms with E-state index in [2.05, 4.69) is 10.6 Å². The number of hydrogen-bond acceptors (Lipinski definition) is 4. The number of nitrogens with zero attached hydrogens (tertiary/aromatic N) is 1. The summed E-state index contributed by atoms with van der Waals surface area (Å²) < 4.78 is 0. The van der Waals surface area contributed by atoms with Crippen LogP contribution in [0.25, 0.3) is 0 Å². The van der Waals surface area contributed by atoms with Crippen molar-refractivity contribution in [1.29, 1.82) is 0 Å². The number of hydrogen-bond donors (Lipinski definition) is 2. The Labute approximate surface area is 145 Å². The van der Waals surface area contributed by atoms with Gasteiger partial charge in [0.15, 0.2) is 0 Å². The Kier molecular flexibility index (Phi) is 4.62. The maximum Gasteiger partial charge on any atom is 0.325 e. The molecule has 3 unspecified atom stereocenters. The molecule has 7 heteroatoms. The van der Waals surface area contributed by atoms with Crippen molar-refractivity contribution in [3.63, 3.8) is 0 Å². The van der Waals surface area contributed by atoms with Gasteiger partial charge in [0.2, 0.25) is 5.91 Å². The van der Waals surface area contributed by atoms with Crippen LogP contribution in [0.5, 0.6) is 0 Å². The van der Waals surface area contributed by atoms with Crippen LogP contribution in [0.4, 0.5) is 4.79 Å². The lowest BCUT2D eigenvalue weighted by molar-refractivity contribution is -0.137. The van der Waals surface area contributed by atoms with Gasteiger partial charge in [-0.15, -0.1) is 11.3 Å². The Balaban J connectivity index is 1.65. The molecular weight excluding hydrogens is 326 g/mol. The third-order valence-electron chi connectivity index (χ3n) is 5.15. The summed E-state index contributed by atoms with van der Waals surface area (Å²) in [6, 6.07) is 3.28. The molecule has 1 saturated heterocycles. The van der Waals surface area contributed by atoms with E-state index in [4.69, 9.17) is 0 Å². The van der Waals surface area contributed by atoms with E-state index >= 15 is 0 Å². The molecular formula is C17H23N3O3S. The van der Waals surface area contributed by atoms with Crippen LogP contribution >= 0.6 is 11.3 Å². The first-order valence-electron chi connectivity index (χ1n) is 8.41. The molecule has 2 aliphatic rings. The predicted octanol–water partition coefficient (Wildman–Crippen LogP) is 2.43. The van der Waals surface area contributed by atoms with Gasteiger partial charge in [-0.3, -0.25) is 14.5 Å². The fraction of sp³-hybridized carbons (Fsp3) is 0.588. The Hall–Kier alpha value is -1.89. The maximum absolute atomic E-state index is 12.8. The monoisotopic (exact) mass is 349 g/mol. The Morgan fingerprint density at radius 1 is 1.50 bits per heavy atom. The van der Waals surface area contributed by atoms with Crippen LogP contribution in [0.15, 0.2) is 17.5 Å². The van der Waals surface area contributed by atoms with Gasteiger partial charge in [-0.2, -0.15) is 0 Å². The molecule has 24 heavy (non-hydrogen) atoms. The van der Waals surface area contributed by atoms with Crippen LogP contribution in [0.2, 0.25) is 0 Å². The minimum absolute atomic E-state index is 0.0980. The van der Waals surface area contributed by atoms with E-state index in [1.54, 1.807) is 11.3 Å². The van der Waals surface area contributed by atoms with Crippen LogP contribution in [0, 0.1) is 5.92 Å². The first-order valence-corrected chi connectivity index (χ1v) is 9.29. The van der Waals surface area contributed by atoms with Crippen LogP contribution in [-0.2, 0) is 9.59 Å². The van der Waals surface area contributed by atoms with Crippen molar-refractivity contribution in [2.45, 2.75) is 51.1 Å². The molecule has 0 aromatic carbocycles. The number of nitrogens with one attached hydrogen (secondary N) is 2. The zero-order valence-electron chi connectivity index (χ0n) is 14.0. The van der Waals surface area contributed by atoms with Crippen molar-refractivity contribution in [3.8, 4) is 0 Å². The highest BCUT2D eigenvalue weighted by Gasteiger charge is 2.55. The van der Waals surface area contributed by atoms with E-state index in [0.717, 1.165) is 29.0 Å². The highest BCUT2D eigenvalue weighted by Crippen LogP contribution is 2.38. The van der Waals surface area contributed by atoms with E-state index < -0.39 is 11.6 Å². The second kappa shape index (κ2) is 6.55. The number of imide groups is 1. The lowest BCUT2D eigenvalue weighted by Crippen LogP contribution is -2.54. The molecule has 1 spiro atoms. The molecule has 2 fully saturated rings. The highest BCUT2D eigenvalue weighted by molar-refractivity contribution is 7.10. The van der Waals surface area contributed by atoms with Crippen molar-refractivity contribution >= 4 is 29.2 Å². The van der Waals surface area contributed by atoms with E-state index in [0.29, 0.717) is 6.42 Å². The number of amides is 4. The number of carbonyl (C=O) groups excluding carboxylic acids is 3. The molecule has 3 atom stereocenters. The average Bonchev–Trinajstić information content (AvgIpc) is 3.15. The normalized spacial score (nSPS) is 28.1. The second-order valence-corrected chi connectivity index (χ2v) is 7.72. The number of rotatable bonds is 4. The van der Waals surface area contributed by atoms with Gasteiger partial charge in [0.1, 0.15) is 12.1 Å². The molecule has 1 aromatic heterocycles. The quantitative estimate of drug-likeness (QED) is 0.820. The minimum Gasteiger partial charge on any atom is -0.347 e. The predicted molar refractivity (Wildman–Crippen MR) is 91.5 cm³/mol. The van der Waals surface area contributed by atoms with Gasteiger partial charge in [-0.1, -0.05) is 25.8 Å². The summed E-state index contributed by atoms with van der Waals surface area (Å²) in [6.07, 6.45) is 3.57. The van der Waals surface area contributed by atoms with Crippen LogP contribution in [0.1, 0.15) is 50.4 Å². The van der Waals surface area contributed by atoms with Crippen LogP contribution in [0.3, 0.4) is 0 Å². The fourth-order valence-electron chi connectivity index (χ4n) is 3.68.